The maximum absolute atomic E-state index is 3.80. The van der Waals surface area contributed by atoms with E-state index in [2.05, 4.69) is 19.2 Å². The fourth-order valence-corrected chi connectivity index (χ4v) is 3.67. The van der Waals surface area contributed by atoms with Crippen LogP contribution < -0.4 is 5.32 Å². The lowest BCUT2D eigenvalue weighted by Crippen LogP contribution is -2.38. The van der Waals surface area contributed by atoms with Crippen LogP contribution in [0.2, 0.25) is 0 Å². The quantitative estimate of drug-likeness (QED) is 0.691. The Kier molecular flexibility index (Phi) is 4.29. The zero-order valence-electron chi connectivity index (χ0n) is 11.2. The van der Waals surface area contributed by atoms with E-state index >= 15 is 0 Å². The summed E-state index contributed by atoms with van der Waals surface area (Å²) >= 11 is 0. The first-order valence-corrected chi connectivity index (χ1v) is 7.42. The second-order valence-corrected chi connectivity index (χ2v) is 6.68. The van der Waals surface area contributed by atoms with Crippen molar-refractivity contribution in [2.24, 2.45) is 11.3 Å². The van der Waals surface area contributed by atoms with Crippen LogP contribution in [0.5, 0.6) is 0 Å². The normalized spacial score (nSPS) is 30.0. The predicted molar refractivity (Wildman–Crippen MR) is 70.6 cm³/mol. The summed E-state index contributed by atoms with van der Waals surface area (Å²) in [5.41, 5.74) is 0.549. The highest BCUT2D eigenvalue weighted by molar-refractivity contribution is 4.89. The molecule has 2 fully saturated rings. The van der Waals surface area contributed by atoms with Gasteiger partial charge in [-0.15, -0.1) is 0 Å². The topological polar surface area (TPSA) is 12.0 Å². The first kappa shape index (κ1) is 12.4. The van der Waals surface area contributed by atoms with E-state index in [0.29, 0.717) is 5.41 Å². The zero-order chi connectivity index (χ0) is 11.4. The molecule has 0 radical (unpaired) electrons. The molecular weight excluding hydrogens is 194 g/mol. The van der Waals surface area contributed by atoms with Gasteiger partial charge in [-0.3, -0.25) is 0 Å². The van der Waals surface area contributed by atoms with E-state index in [4.69, 9.17) is 0 Å². The van der Waals surface area contributed by atoms with E-state index in [-0.39, 0.29) is 0 Å². The first-order chi connectivity index (χ1) is 7.68. The third-order valence-electron chi connectivity index (χ3n) is 4.91. The highest BCUT2D eigenvalue weighted by Gasteiger charge is 2.33. The Labute approximate surface area is 101 Å². The Morgan fingerprint density at radius 2 is 1.81 bits per heavy atom. The van der Waals surface area contributed by atoms with Crippen LogP contribution in [0.3, 0.4) is 0 Å². The molecule has 0 spiro atoms. The largest absolute Gasteiger partial charge is 0.313 e. The van der Waals surface area contributed by atoms with Gasteiger partial charge >= 0.3 is 0 Å². The van der Waals surface area contributed by atoms with E-state index in [9.17, 15) is 0 Å². The van der Waals surface area contributed by atoms with Crippen LogP contribution in [0.4, 0.5) is 0 Å². The summed E-state index contributed by atoms with van der Waals surface area (Å²) in [6.07, 6.45) is 13.1. The van der Waals surface area contributed by atoms with Crippen molar-refractivity contribution >= 4 is 0 Å². The minimum atomic E-state index is 0.549. The smallest absolute Gasteiger partial charge is 0.0118 e. The third-order valence-corrected chi connectivity index (χ3v) is 4.91. The molecular formula is C15H29N. The van der Waals surface area contributed by atoms with E-state index < -0.39 is 0 Å². The van der Waals surface area contributed by atoms with Crippen LogP contribution in [0.15, 0.2) is 0 Å². The molecule has 0 aromatic carbocycles. The Morgan fingerprint density at radius 1 is 1.06 bits per heavy atom. The number of rotatable bonds is 5. The summed E-state index contributed by atoms with van der Waals surface area (Å²) in [5, 5.41) is 3.80. The lowest BCUT2D eigenvalue weighted by Gasteiger charge is -2.28. The molecule has 0 bridgehead atoms. The fourth-order valence-electron chi connectivity index (χ4n) is 3.67. The summed E-state index contributed by atoms with van der Waals surface area (Å²) in [6, 6.07) is 0.788. The van der Waals surface area contributed by atoms with Crippen molar-refractivity contribution in [3.05, 3.63) is 0 Å². The molecule has 1 nitrogen and oxygen atoms in total. The number of hydrogen-bond acceptors (Lipinski definition) is 1. The second-order valence-electron chi connectivity index (χ2n) is 6.68. The van der Waals surface area contributed by atoms with Crippen molar-refractivity contribution < 1.29 is 0 Å². The maximum Gasteiger partial charge on any atom is 0.0118 e. The molecule has 0 amide bonds. The lowest BCUT2D eigenvalue weighted by atomic mass is 9.87. The van der Waals surface area contributed by atoms with E-state index in [0.717, 1.165) is 12.0 Å². The molecule has 1 unspecified atom stereocenters. The predicted octanol–water partition coefficient (Wildman–Crippen LogP) is 4.13. The number of nitrogens with one attached hydrogen (secondary N) is 1. The van der Waals surface area contributed by atoms with Gasteiger partial charge < -0.3 is 5.32 Å². The molecule has 0 aromatic rings. The molecule has 2 rings (SSSR count). The summed E-state index contributed by atoms with van der Waals surface area (Å²) in [6.45, 7) is 6.11. The van der Waals surface area contributed by atoms with Gasteiger partial charge in [-0.05, 0) is 43.6 Å². The first-order valence-electron chi connectivity index (χ1n) is 7.42. The van der Waals surface area contributed by atoms with E-state index in [1.54, 1.807) is 0 Å². The lowest BCUT2D eigenvalue weighted by molar-refractivity contribution is 0.280. The van der Waals surface area contributed by atoms with Crippen molar-refractivity contribution in [2.75, 3.05) is 6.54 Å². The average Bonchev–Trinajstić information content (AvgIpc) is 2.83. The maximum atomic E-state index is 3.80. The van der Waals surface area contributed by atoms with Gasteiger partial charge in [-0.2, -0.15) is 0 Å². The van der Waals surface area contributed by atoms with Gasteiger partial charge in [-0.1, -0.05) is 46.0 Å². The molecule has 1 atom stereocenters. The SMILES string of the molecule is CC1(C)CCCC1NCCCC1CCCC1. The molecule has 16 heavy (non-hydrogen) atoms. The Morgan fingerprint density at radius 3 is 2.44 bits per heavy atom. The summed E-state index contributed by atoms with van der Waals surface area (Å²) in [7, 11) is 0. The summed E-state index contributed by atoms with van der Waals surface area (Å²) in [5.74, 6) is 1.07. The fraction of sp³-hybridized carbons (Fsp3) is 1.00. The molecule has 0 aliphatic heterocycles. The van der Waals surface area contributed by atoms with Crippen LogP contribution >= 0.6 is 0 Å². The highest BCUT2D eigenvalue weighted by atomic mass is 14.9. The Hall–Kier alpha value is -0.0400. The van der Waals surface area contributed by atoms with Crippen molar-refractivity contribution in [1.29, 1.82) is 0 Å². The van der Waals surface area contributed by atoms with Crippen molar-refractivity contribution in [3.8, 4) is 0 Å². The van der Waals surface area contributed by atoms with Crippen molar-refractivity contribution in [2.45, 2.75) is 77.7 Å². The van der Waals surface area contributed by atoms with Gasteiger partial charge in [0, 0.05) is 6.04 Å². The minimum Gasteiger partial charge on any atom is -0.313 e. The van der Waals surface area contributed by atoms with Gasteiger partial charge in [-0.25, -0.2) is 0 Å². The molecule has 2 saturated carbocycles. The van der Waals surface area contributed by atoms with Crippen LogP contribution in [0.1, 0.15) is 71.6 Å². The van der Waals surface area contributed by atoms with Crippen LogP contribution in [-0.2, 0) is 0 Å². The van der Waals surface area contributed by atoms with Crippen molar-refractivity contribution in [3.63, 3.8) is 0 Å². The van der Waals surface area contributed by atoms with Crippen LogP contribution in [-0.4, -0.2) is 12.6 Å². The van der Waals surface area contributed by atoms with Crippen LogP contribution in [0.25, 0.3) is 0 Å². The summed E-state index contributed by atoms with van der Waals surface area (Å²) < 4.78 is 0. The molecule has 1 heteroatoms. The minimum absolute atomic E-state index is 0.549. The summed E-state index contributed by atoms with van der Waals surface area (Å²) in [4.78, 5) is 0. The zero-order valence-corrected chi connectivity index (χ0v) is 11.2. The van der Waals surface area contributed by atoms with E-state index in [1.807, 2.05) is 0 Å². The second kappa shape index (κ2) is 5.53. The monoisotopic (exact) mass is 223 g/mol. The van der Waals surface area contributed by atoms with Crippen molar-refractivity contribution in [1.82, 2.24) is 5.32 Å². The molecule has 0 heterocycles. The average molecular weight is 223 g/mol. The molecule has 0 saturated heterocycles. The van der Waals surface area contributed by atoms with Gasteiger partial charge in [0.25, 0.3) is 0 Å². The molecule has 94 valence electrons. The van der Waals surface area contributed by atoms with Gasteiger partial charge in [0.2, 0.25) is 0 Å². The molecule has 2 aliphatic rings. The highest BCUT2D eigenvalue weighted by Crippen LogP contribution is 2.37. The molecule has 0 aromatic heterocycles. The molecule has 1 N–H and O–H groups in total. The third kappa shape index (κ3) is 3.23. The number of hydrogen-bond donors (Lipinski definition) is 1. The Bertz CT molecular complexity index is 203. The van der Waals surface area contributed by atoms with E-state index in [1.165, 1.54) is 64.3 Å². The van der Waals surface area contributed by atoms with Crippen LogP contribution in [0, 0.1) is 11.3 Å². The molecule has 2 aliphatic carbocycles. The van der Waals surface area contributed by atoms with Gasteiger partial charge in [0.1, 0.15) is 0 Å². The standard InChI is InChI=1S/C15H29N/c1-15(2)11-5-10-14(15)16-12-6-9-13-7-3-4-8-13/h13-14,16H,3-12H2,1-2H3. The Balaban J connectivity index is 1.57. The van der Waals surface area contributed by atoms with Gasteiger partial charge in [0.15, 0.2) is 0 Å². The van der Waals surface area contributed by atoms with Gasteiger partial charge in [0.05, 0.1) is 0 Å².